The normalized spacial score (nSPS) is 12.6. The van der Waals surface area contributed by atoms with Crippen molar-refractivity contribution in [2.45, 2.75) is 0 Å². The number of hydrogen-bond donors (Lipinski definition) is 0. The minimum Gasteiger partial charge on any atom is -0.309 e. The number of benzene rings is 8. The number of aromatic nitrogens is 4. The van der Waals surface area contributed by atoms with Crippen LogP contribution in [0.2, 0.25) is 0 Å². The Morgan fingerprint density at radius 3 is 1.91 bits per heavy atom. The van der Waals surface area contributed by atoms with Crippen molar-refractivity contribution in [3.05, 3.63) is 194 Å². The van der Waals surface area contributed by atoms with Crippen LogP contribution in [0.3, 0.4) is 0 Å². The molecule has 0 bridgehead atoms. The first-order chi connectivity index (χ1) is 30.8. The zero-order valence-corrected chi connectivity index (χ0v) is 31.5. The van der Waals surface area contributed by atoms with E-state index in [2.05, 4.69) is 83.4 Å². The van der Waals surface area contributed by atoms with Gasteiger partial charge in [0, 0.05) is 53.3 Å². The molecule has 0 unspecified atom stereocenters. The Hall–Kier alpha value is -7.72. The van der Waals surface area contributed by atoms with E-state index in [-0.39, 0.29) is 11.4 Å². The number of fused-ring (bicyclic) bond motifs is 6. The summed E-state index contributed by atoms with van der Waals surface area (Å²) < 4.78 is 47.4. The number of para-hydroxylation sites is 1. The summed E-state index contributed by atoms with van der Waals surface area (Å²) in [6, 6.07) is 52.8. The SMILES string of the molecule is [2H]c1c([2H])c([2H])c(-c2nc(-c3ccccc3)nc(-c3cc(-n4c5ccccc5c5ccc(-c6cccc(C#N)c6)cc54)cc4c3sc3c(-c5ccccc5)cccc34)n2)c([2H])c1[2H]. The van der Waals surface area contributed by atoms with E-state index >= 15 is 0 Å². The highest BCUT2D eigenvalue weighted by Gasteiger charge is 2.22. The van der Waals surface area contributed by atoms with Crippen LogP contribution < -0.4 is 0 Å². The molecule has 0 spiro atoms. The Bertz CT molecular complexity index is 3680. The molecule has 270 valence electrons. The van der Waals surface area contributed by atoms with Crippen LogP contribution in [0.15, 0.2) is 188 Å². The van der Waals surface area contributed by atoms with E-state index in [1.807, 2.05) is 78.9 Å². The summed E-state index contributed by atoms with van der Waals surface area (Å²) in [7, 11) is 0. The Kier molecular flexibility index (Phi) is 6.81. The average molecular weight is 763 g/mol. The van der Waals surface area contributed by atoms with Crippen LogP contribution in [0.5, 0.6) is 0 Å². The third-order valence-corrected chi connectivity index (χ3v) is 11.8. The molecular weight excluding hydrogens is 727 g/mol. The molecule has 8 aromatic carbocycles. The standard InChI is InChI=1S/C52H31N5S/c53-32-33-14-12-21-37(28-33)38-26-27-42-41-22-10-11-25-46(41)57(47(42)29-38)39-30-44-43-24-13-23-40(34-15-4-1-5-16-34)48(43)58-49(44)45(31-39)52-55-50(35-17-6-2-7-18-35)54-51(56-52)36-19-8-3-9-20-36/h1-31H/i2D,6D,7D,17D,18D. The minimum atomic E-state index is -0.493. The summed E-state index contributed by atoms with van der Waals surface area (Å²) >= 11 is 1.64. The van der Waals surface area contributed by atoms with Gasteiger partial charge in [-0.1, -0.05) is 152 Å². The van der Waals surface area contributed by atoms with E-state index in [1.54, 1.807) is 17.4 Å². The quantitative estimate of drug-likeness (QED) is 0.169. The lowest BCUT2D eigenvalue weighted by atomic mass is 10.0. The van der Waals surface area contributed by atoms with E-state index in [0.29, 0.717) is 28.3 Å². The molecule has 6 heteroatoms. The van der Waals surface area contributed by atoms with Gasteiger partial charge in [-0.2, -0.15) is 5.26 Å². The third kappa shape index (κ3) is 5.64. The van der Waals surface area contributed by atoms with Gasteiger partial charge in [0.15, 0.2) is 17.5 Å². The van der Waals surface area contributed by atoms with Gasteiger partial charge in [-0.15, -0.1) is 11.3 Å². The second kappa shape index (κ2) is 13.8. The lowest BCUT2D eigenvalue weighted by Gasteiger charge is -2.13. The van der Waals surface area contributed by atoms with E-state index in [4.69, 9.17) is 21.8 Å². The van der Waals surface area contributed by atoms with Crippen molar-refractivity contribution in [3.8, 4) is 68.2 Å². The monoisotopic (exact) mass is 762 g/mol. The second-order valence-electron chi connectivity index (χ2n) is 14.0. The minimum absolute atomic E-state index is 0.0263. The molecule has 3 heterocycles. The summed E-state index contributed by atoms with van der Waals surface area (Å²) in [5.74, 6) is 0.565. The molecule has 11 rings (SSSR count). The lowest BCUT2D eigenvalue weighted by Crippen LogP contribution is -2.01. The van der Waals surface area contributed by atoms with Crippen LogP contribution in [-0.4, -0.2) is 19.5 Å². The molecule has 58 heavy (non-hydrogen) atoms. The Morgan fingerprint density at radius 2 is 1.10 bits per heavy atom. The number of hydrogen-bond acceptors (Lipinski definition) is 5. The first kappa shape index (κ1) is 28.7. The van der Waals surface area contributed by atoms with Gasteiger partial charge in [0.25, 0.3) is 0 Å². The van der Waals surface area contributed by atoms with E-state index < -0.39 is 30.2 Å². The van der Waals surface area contributed by atoms with E-state index in [1.165, 1.54) is 0 Å². The first-order valence-electron chi connectivity index (χ1n) is 21.3. The van der Waals surface area contributed by atoms with Gasteiger partial charge in [0.05, 0.1) is 29.5 Å². The number of thiophene rings is 1. The number of nitrogens with zero attached hydrogens (tertiary/aromatic N) is 5. The van der Waals surface area contributed by atoms with Crippen molar-refractivity contribution in [1.82, 2.24) is 19.5 Å². The molecule has 0 fully saturated rings. The van der Waals surface area contributed by atoms with Crippen LogP contribution in [0, 0.1) is 11.3 Å². The smallest absolute Gasteiger partial charge is 0.165 e. The first-order valence-corrected chi connectivity index (χ1v) is 19.6. The van der Waals surface area contributed by atoms with Gasteiger partial charge >= 0.3 is 0 Å². The van der Waals surface area contributed by atoms with Gasteiger partial charge < -0.3 is 4.57 Å². The molecule has 11 aromatic rings. The molecule has 0 N–H and O–H groups in total. The van der Waals surface area contributed by atoms with Crippen LogP contribution in [0.25, 0.3) is 104 Å². The van der Waals surface area contributed by atoms with Crippen LogP contribution in [0.4, 0.5) is 0 Å². The van der Waals surface area contributed by atoms with Gasteiger partial charge in [-0.05, 0) is 58.7 Å². The molecule has 0 aliphatic carbocycles. The topological polar surface area (TPSA) is 67.4 Å². The number of nitriles is 1. The van der Waals surface area contributed by atoms with Crippen molar-refractivity contribution in [1.29, 1.82) is 5.26 Å². The highest BCUT2D eigenvalue weighted by atomic mass is 32.1. The van der Waals surface area contributed by atoms with Crippen molar-refractivity contribution >= 4 is 53.3 Å². The van der Waals surface area contributed by atoms with Crippen LogP contribution in [0.1, 0.15) is 12.4 Å². The highest BCUT2D eigenvalue weighted by molar-refractivity contribution is 7.26. The average Bonchev–Trinajstić information content (AvgIpc) is 3.88. The third-order valence-electron chi connectivity index (χ3n) is 10.6. The van der Waals surface area contributed by atoms with Crippen molar-refractivity contribution in [3.63, 3.8) is 0 Å². The predicted molar refractivity (Wildman–Crippen MR) is 239 cm³/mol. The van der Waals surface area contributed by atoms with Gasteiger partial charge in [-0.3, -0.25) is 0 Å². The fraction of sp³-hybridized carbons (Fsp3) is 0. The van der Waals surface area contributed by atoms with Crippen molar-refractivity contribution in [2.24, 2.45) is 0 Å². The zero-order valence-electron chi connectivity index (χ0n) is 35.7. The Morgan fingerprint density at radius 1 is 0.466 bits per heavy atom. The van der Waals surface area contributed by atoms with E-state index in [9.17, 15) is 5.26 Å². The molecule has 5 nitrogen and oxygen atoms in total. The van der Waals surface area contributed by atoms with E-state index in [0.717, 1.165) is 69.9 Å². The molecule has 0 amide bonds. The fourth-order valence-corrected chi connectivity index (χ4v) is 9.23. The summed E-state index contributed by atoms with van der Waals surface area (Å²) in [5, 5.41) is 13.9. The second-order valence-corrected chi connectivity index (χ2v) is 15.0. The summed E-state index contributed by atoms with van der Waals surface area (Å²) in [6.07, 6.45) is 0. The van der Waals surface area contributed by atoms with Crippen molar-refractivity contribution < 1.29 is 6.85 Å². The molecule has 0 atom stereocenters. The summed E-state index contributed by atoms with van der Waals surface area (Å²) in [4.78, 5) is 15.0. The van der Waals surface area contributed by atoms with Crippen LogP contribution in [-0.2, 0) is 0 Å². The van der Waals surface area contributed by atoms with Gasteiger partial charge in [0.2, 0.25) is 0 Å². The summed E-state index contributed by atoms with van der Waals surface area (Å²) in [5.41, 5.74) is 8.72. The molecule has 0 saturated carbocycles. The van der Waals surface area contributed by atoms with Crippen molar-refractivity contribution in [2.75, 3.05) is 0 Å². The highest BCUT2D eigenvalue weighted by Crippen LogP contribution is 2.46. The Balaban J connectivity index is 1.26. The lowest BCUT2D eigenvalue weighted by molar-refractivity contribution is 1.07. The molecule has 3 aromatic heterocycles. The fourth-order valence-electron chi connectivity index (χ4n) is 7.91. The predicted octanol–water partition coefficient (Wildman–Crippen LogP) is 13.5. The Labute approximate surface area is 345 Å². The number of rotatable bonds is 6. The van der Waals surface area contributed by atoms with Gasteiger partial charge in [0.1, 0.15) is 0 Å². The molecule has 0 aliphatic rings. The van der Waals surface area contributed by atoms with Crippen LogP contribution >= 0.6 is 11.3 Å². The maximum atomic E-state index is 9.73. The van der Waals surface area contributed by atoms with Gasteiger partial charge in [-0.25, -0.2) is 15.0 Å². The zero-order chi connectivity index (χ0) is 42.9. The molecule has 0 aliphatic heterocycles. The maximum absolute atomic E-state index is 9.73. The largest absolute Gasteiger partial charge is 0.309 e. The molecular formula is C52H31N5S. The summed E-state index contributed by atoms with van der Waals surface area (Å²) in [6.45, 7) is 0. The maximum Gasteiger partial charge on any atom is 0.165 e. The molecule has 0 saturated heterocycles. The molecule has 0 radical (unpaired) electrons.